The van der Waals surface area contributed by atoms with E-state index < -0.39 is 10.0 Å². The van der Waals surface area contributed by atoms with Gasteiger partial charge in [-0.1, -0.05) is 22.0 Å². The Labute approximate surface area is 127 Å². The smallest absolute Gasteiger partial charge is 0.265 e. The van der Waals surface area contributed by atoms with Gasteiger partial charge in [0.15, 0.2) is 0 Å². The van der Waals surface area contributed by atoms with Crippen LogP contribution in [0.25, 0.3) is 0 Å². The van der Waals surface area contributed by atoms with E-state index in [0.717, 1.165) is 10.0 Å². The summed E-state index contributed by atoms with van der Waals surface area (Å²) in [5.74, 6) is 0. The van der Waals surface area contributed by atoms with E-state index in [4.69, 9.17) is 0 Å². The first-order valence-electron chi connectivity index (χ1n) is 6.01. The molecule has 0 spiro atoms. The minimum atomic E-state index is -3.64. The molecule has 0 aliphatic carbocycles. The number of aromatic nitrogens is 2. The van der Waals surface area contributed by atoms with Gasteiger partial charge in [-0.15, -0.1) is 0 Å². The van der Waals surface area contributed by atoms with Gasteiger partial charge in [-0.25, -0.2) is 8.42 Å². The Bertz CT molecular complexity index is 766. The average molecular weight is 358 g/mol. The predicted molar refractivity (Wildman–Crippen MR) is 82.4 cm³/mol. The first kappa shape index (κ1) is 15.1. The topological polar surface area (TPSA) is 64.0 Å². The summed E-state index contributed by atoms with van der Waals surface area (Å²) in [7, 11) is -1.91. The van der Waals surface area contributed by atoms with Crippen molar-refractivity contribution in [2.45, 2.75) is 25.7 Å². The third kappa shape index (κ3) is 2.73. The van der Waals surface area contributed by atoms with Crippen molar-refractivity contribution in [1.29, 1.82) is 0 Å². The van der Waals surface area contributed by atoms with Gasteiger partial charge in [0, 0.05) is 17.2 Å². The van der Waals surface area contributed by atoms with Crippen molar-refractivity contribution < 1.29 is 8.42 Å². The molecule has 0 bridgehead atoms. The normalized spacial score (nSPS) is 11.7. The second kappa shape index (κ2) is 5.21. The zero-order valence-electron chi connectivity index (χ0n) is 11.7. The van der Waals surface area contributed by atoms with Crippen LogP contribution in [-0.2, 0) is 17.1 Å². The largest absolute Gasteiger partial charge is 0.279 e. The Morgan fingerprint density at radius 1 is 1.25 bits per heavy atom. The Balaban J connectivity index is 2.43. The number of sulfonamides is 1. The number of anilines is 1. The first-order chi connectivity index (χ1) is 9.22. The Morgan fingerprint density at radius 2 is 1.90 bits per heavy atom. The molecule has 0 unspecified atom stereocenters. The average Bonchev–Trinajstić information content (AvgIpc) is 2.58. The molecule has 2 aromatic rings. The van der Waals surface area contributed by atoms with Crippen molar-refractivity contribution in [3.63, 3.8) is 0 Å². The lowest BCUT2D eigenvalue weighted by Gasteiger charge is -2.09. The Morgan fingerprint density at radius 3 is 2.40 bits per heavy atom. The summed E-state index contributed by atoms with van der Waals surface area (Å²) in [5, 5.41) is 4.14. The molecule has 20 heavy (non-hydrogen) atoms. The molecule has 1 aromatic carbocycles. The molecule has 0 saturated carbocycles. The van der Waals surface area contributed by atoms with Crippen LogP contribution in [-0.4, -0.2) is 18.2 Å². The van der Waals surface area contributed by atoms with Gasteiger partial charge in [0.2, 0.25) is 0 Å². The van der Waals surface area contributed by atoms with Gasteiger partial charge in [-0.2, -0.15) is 5.10 Å². The Hall–Kier alpha value is -1.34. The van der Waals surface area contributed by atoms with E-state index in [1.807, 2.05) is 13.0 Å². The van der Waals surface area contributed by atoms with Crippen molar-refractivity contribution in [3.05, 3.63) is 39.6 Å². The van der Waals surface area contributed by atoms with Gasteiger partial charge in [0.25, 0.3) is 10.0 Å². The number of nitrogens with zero attached hydrogens (tertiary/aromatic N) is 2. The van der Waals surface area contributed by atoms with Gasteiger partial charge in [0.1, 0.15) is 4.90 Å². The molecule has 1 heterocycles. The van der Waals surface area contributed by atoms with E-state index in [1.165, 1.54) is 0 Å². The van der Waals surface area contributed by atoms with Crippen LogP contribution in [0, 0.1) is 20.8 Å². The quantitative estimate of drug-likeness (QED) is 0.918. The standard InChI is InChI=1S/C13H16BrN3O2S/c1-8-5-6-11(7-12(8)14)16-20(18,19)13-9(2)15-17(4)10(13)3/h5-7,16H,1-4H3. The number of rotatable bonds is 3. The highest BCUT2D eigenvalue weighted by Crippen LogP contribution is 2.25. The molecule has 0 saturated heterocycles. The molecule has 7 heteroatoms. The summed E-state index contributed by atoms with van der Waals surface area (Å²) in [6, 6.07) is 5.33. The number of benzene rings is 1. The molecule has 1 N–H and O–H groups in total. The second-order valence-electron chi connectivity index (χ2n) is 4.69. The highest BCUT2D eigenvalue weighted by atomic mass is 79.9. The van der Waals surface area contributed by atoms with Crippen molar-refractivity contribution in [2.24, 2.45) is 7.05 Å². The fraction of sp³-hybridized carbons (Fsp3) is 0.308. The van der Waals surface area contributed by atoms with Gasteiger partial charge < -0.3 is 0 Å². The van der Waals surface area contributed by atoms with Gasteiger partial charge in [-0.3, -0.25) is 9.40 Å². The molecule has 0 atom stereocenters. The molecule has 108 valence electrons. The van der Waals surface area contributed by atoms with Crippen molar-refractivity contribution >= 4 is 31.6 Å². The molecule has 5 nitrogen and oxygen atoms in total. The lowest BCUT2D eigenvalue weighted by atomic mass is 10.2. The number of aryl methyl sites for hydroxylation is 3. The molecular weight excluding hydrogens is 342 g/mol. The summed E-state index contributed by atoms with van der Waals surface area (Å²) in [4.78, 5) is 0.233. The van der Waals surface area contributed by atoms with Crippen LogP contribution >= 0.6 is 15.9 Å². The molecule has 0 aliphatic heterocycles. The van der Waals surface area contributed by atoms with Crippen LogP contribution in [0.2, 0.25) is 0 Å². The van der Waals surface area contributed by atoms with Crippen LogP contribution in [0.15, 0.2) is 27.6 Å². The predicted octanol–water partition coefficient (Wildman–Crippen LogP) is 2.91. The maximum Gasteiger partial charge on any atom is 0.265 e. The number of hydrogen-bond donors (Lipinski definition) is 1. The van der Waals surface area contributed by atoms with Gasteiger partial charge >= 0.3 is 0 Å². The zero-order chi connectivity index (χ0) is 15.1. The molecular formula is C13H16BrN3O2S. The fourth-order valence-corrected chi connectivity index (χ4v) is 3.87. The highest BCUT2D eigenvalue weighted by Gasteiger charge is 2.23. The SMILES string of the molecule is Cc1ccc(NS(=O)(=O)c2c(C)nn(C)c2C)cc1Br. The van der Waals surface area contributed by atoms with Gasteiger partial charge in [0.05, 0.1) is 11.4 Å². The third-order valence-electron chi connectivity index (χ3n) is 3.14. The lowest BCUT2D eigenvalue weighted by Crippen LogP contribution is -2.15. The van der Waals surface area contributed by atoms with Crippen LogP contribution in [0.1, 0.15) is 17.0 Å². The monoisotopic (exact) mass is 357 g/mol. The fourth-order valence-electron chi connectivity index (χ4n) is 2.01. The van der Waals surface area contributed by atoms with Crippen LogP contribution in [0.4, 0.5) is 5.69 Å². The molecule has 1 aromatic heterocycles. The summed E-state index contributed by atoms with van der Waals surface area (Å²) in [6.07, 6.45) is 0. The van der Waals surface area contributed by atoms with Gasteiger partial charge in [-0.05, 0) is 38.5 Å². The van der Waals surface area contributed by atoms with E-state index in [1.54, 1.807) is 37.7 Å². The molecule has 0 fully saturated rings. The summed E-state index contributed by atoms with van der Waals surface area (Å²) < 4.78 is 30.0. The van der Waals surface area contributed by atoms with Crippen LogP contribution in [0.3, 0.4) is 0 Å². The van der Waals surface area contributed by atoms with E-state index >= 15 is 0 Å². The van der Waals surface area contributed by atoms with Crippen LogP contribution < -0.4 is 4.72 Å². The van der Waals surface area contributed by atoms with E-state index in [-0.39, 0.29) is 4.90 Å². The second-order valence-corrected chi connectivity index (χ2v) is 7.17. The molecule has 0 amide bonds. The summed E-state index contributed by atoms with van der Waals surface area (Å²) >= 11 is 3.39. The maximum absolute atomic E-state index is 12.5. The van der Waals surface area contributed by atoms with E-state index in [0.29, 0.717) is 17.1 Å². The molecule has 0 radical (unpaired) electrons. The number of nitrogens with one attached hydrogen (secondary N) is 1. The highest BCUT2D eigenvalue weighted by molar-refractivity contribution is 9.10. The minimum Gasteiger partial charge on any atom is -0.279 e. The van der Waals surface area contributed by atoms with Crippen molar-refractivity contribution in [2.75, 3.05) is 4.72 Å². The minimum absolute atomic E-state index is 0.233. The Kier molecular flexibility index (Phi) is 3.93. The van der Waals surface area contributed by atoms with E-state index in [2.05, 4.69) is 25.8 Å². The third-order valence-corrected chi connectivity index (χ3v) is 5.62. The number of halogens is 1. The maximum atomic E-state index is 12.5. The van der Waals surface area contributed by atoms with E-state index in [9.17, 15) is 8.42 Å². The zero-order valence-corrected chi connectivity index (χ0v) is 14.1. The summed E-state index contributed by atoms with van der Waals surface area (Å²) in [6.45, 7) is 5.37. The van der Waals surface area contributed by atoms with Crippen LogP contribution in [0.5, 0.6) is 0 Å². The number of hydrogen-bond acceptors (Lipinski definition) is 3. The van der Waals surface area contributed by atoms with Crippen molar-refractivity contribution in [1.82, 2.24) is 9.78 Å². The lowest BCUT2D eigenvalue weighted by molar-refractivity contribution is 0.599. The first-order valence-corrected chi connectivity index (χ1v) is 8.29. The van der Waals surface area contributed by atoms with Crippen molar-refractivity contribution in [3.8, 4) is 0 Å². The molecule has 2 rings (SSSR count). The summed E-state index contributed by atoms with van der Waals surface area (Å²) in [5.41, 5.74) is 2.66. The molecule has 0 aliphatic rings.